The highest BCUT2D eigenvalue weighted by Gasteiger charge is 2.06. The number of nitrogen functional groups attached to an aromatic ring is 1. The number of aliphatic hydroxyl groups is 1. The summed E-state index contributed by atoms with van der Waals surface area (Å²) in [5, 5.41) is 9.08. The number of nitrogens with two attached hydrogens (primary N) is 1. The number of aliphatic hydroxyl groups excluding tert-OH is 1. The molecule has 0 saturated carbocycles. The van der Waals surface area contributed by atoms with E-state index < -0.39 is 0 Å². The van der Waals surface area contributed by atoms with Crippen LogP contribution in [0.4, 0.5) is 5.82 Å². The molecular formula is C14H17N3O3. The second kappa shape index (κ2) is 6.74. The predicted octanol–water partition coefficient (Wildman–Crippen LogP) is 1.45. The van der Waals surface area contributed by atoms with E-state index >= 15 is 0 Å². The number of hydrogen-bond acceptors (Lipinski definition) is 6. The molecule has 0 fully saturated rings. The van der Waals surface area contributed by atoms with E-state index in [0.29, 0.717) is 23.9 Å². The molecule has 0 aliphatic rings. The van der Waals surface area contributed by atoms with Crippen LogP contribution in [0.1, 0.15) is 11.1 Å². The predicted molar refractivity (Wildman–Crippen MR) is 75.3 cm³/mol. The molecule has 0 saturated heterocycles. The standard InChI is InChI=1S/C14H17N3O3/c1-19-13-6-10(8-18)2-4-12(13)20-9-11-3-5-14(17-15)16-7-11/h2-7,18H,8-9,15H2,1H3,(H,16,17). The zero-order chi connectivity index (χ0) is 14.4. The summed E-state index contributed by atoms with van der Waals surface area (Å²) in [4.78, 5) is 4.10. The summed E-state index contributed by atoms with van der Waals surface area (Å²) < 4.78 is 10.9. The second-order valence-electron chi connectivity index (χ2n) is 4.13. The maximum Gasteiger partial charge on any atom is 0.161 e. The van der Waals surface area contributed by atoms with Crippen LogP contribution in [-0.4, -0.2) is 17.2 Å². The van der Waals surface area contributed by atoms with Gasteiger partial charge in [-0.3, -0.25) is 0 Å². The number of methoxy groups -OCH3 is 1. The minimum atomic E-state index is -0.0336. The van der Waals surface area contributed by atoms with E-state index in [2.05, 4.69) is 10.4 Å². The molecule has 4 N–H and O–H groups in total. The van der Waals surface area contributed by atoms with Gasteiger partial charge >= 0.3 is 0 Å². The van der Waals surface area contributed by atoms with Gasteiger partial charge in [-0.1, -0.05) is 12.1 Å². The average molecular weight is 275 g/mol. The van der Waals surface area contributed by atoms with Crippen LogP contribution < -0.4 is 20.7 Å². The van der Waals surface area contributed by atoms with Gasteiger partial charge in [-0.25, -0.2) is 10.8 Å². The lowest BCUT2D eigenvalue weighted by atomic mass is 10.2. The number of rotatable bonds is 6. The van der Waals surface area contributed by atoms with Gasteiger partial charge in [-0.05, 0) is 23.8 Å². The highest BCUT2D eigenvalue weighted by atomic mass is 16.5. The molecular weight excluding hydrogens is 258 g/mol. The fraction of sp³-hybridized carbons (Fsp3) is 0.214. The van der Waals surface area contributed by atoms with Gasteiger partial charge in [-0.15, -0.1) is 0 Å². The van der Waals surface area contributed by atoms with E-state index in [1.807, 2.05) is 6.07 Å². The third kappa shape index (κ3) is 3.37. The zero-order valence-corrected chi connectivity index (χ0v) is 11.2. The van der Waals surface area contributed by atoms with Crippen LogP contribution in [0.5, 0.6) is 11.5 Å². The summed E-state index contributed by atoms with van der Waals surface area (Å²) in [6, 6.07) is 8.95. The van der Waals surface area contributed by atoms with E-state index in [4.69, 9.17) is 20.4 Å². The Labute approximate surface area is 117 Å². The first-order valence-corrected chi connectivity index (χ1v) is 6.09. The van der Waals surface area contributed by atoms with Crippen molar-refractivity contribution in [2.45, 2.75) is 13.2 Å². The Balaban J connectivity index is 2.05. The summed E-state index contributed by atoms with van der Waals surface area (Å²) in [5.41, 5.74) is 4.15. The SMILES string of the molecule is COc1cc(CO)ccc1OCc1ccc(NN)nc1. The number of ether oxygens (including phenoxy) is 2. The first kappa shape index (κ1) is 14.1. The van der Waals surface area contributed by atoms with Gasteiger partial charge in [0.05, 0.1) is 13.7 Å². The molecule has 1 aromatic carbocycles. The first-order valence-electron chi connectivity index (χ1n) is 6.09. The summed E-state index contributed by atoms with van der Waals surface area (Å²) in [5.74, 6) is 7.05. The topological polar surface area (TPSA) is 89.6 Å². The van der Waals surface area contributed by atoms with Crippen LogP contribution in [0.15, 0.2) is 36.5 Å². The van der Waals surface area contributed by atoms with Gasteiger partial charge in [0.2, 0.25) is 0 Å². The Kier molecular flexibility index (Phi) is 4.75. The van der Waals surface area contributed by atoms with Gasteiger partial charge in [-0.2, -0.15) is 0 Å². The van der Waals surface area contributed by atoms with E-state index in [-0.39, 0.29) is 6.61 Å². The molecule has 2 aromatic rings. The molecule has 1 aromatic heterocycles. The maximum absolute atomic E-state index is 9.08. The van der Waals surface area contributed by atoms with E-state index in [9.17, 15) is 0 Å². The molecule has 6 nitrogen and oxygen atoms in total. The minimum absolute atomic E-state index is 0.0336. The van der Waals surface area contributed by atoms with Crippen LogP contribution in [-0.2, 0) is 13.2 Å². The number of hydrazine groups is 1. The summed E-state index contributed by atoms with van der Waals surface area (Å²) in [7, 11) is 1.56. The van der Waals surface area contributed by atoms with Crippen molar-refractivity contribution in [1.82, 2.24) is 4.98 Å². The number of nitrogens with one attached hydrogen (secondary N) is 1. The highest BCUT2D eigenvalue weighted by molar-refractivity contribution is 5.43. The van der Waals surface area contributed by atoms with Crippen molar-refractivity contribution in [2.75, 3.05) is 12.5 Å². The van der Waals surface area contributed by atoms with Gasteiger partial charge < -0.3 is 20.0 Å². The molecule has 0 radical (unpaired) electrons. The Hall–Kier alpha value is -2.31. The van der Waals surface area contributed by atoms with Crippen molar-refractivity contribution in [2.24, 2.45) is 5.84 Å². The lowest BCUT2D eigenvalue weighted by molar-refractivity contribution is 0.274. The van der Waals surface area contributed by atoms with Crippen LogP contribution in [0.3, 0.4) is 0 Å². The number of nitrogens with zero attached hydrogens (tertiary/aromatic N) is 1. The monoisotopic (exact) mass is 275 g/mol. The van der Waals surface area contributed by atoms with Gasteiger partial charge in [0.1, 0.15) is 12.4 Å². The first-order chi connectivity index (χ1) is 9.76. The van der Waals surface area contributed by atoms with E-state index in [1.165, 1.54) is 0 Å². The van der Waals surface area contributed by atoms with Gasteiger partial charge in [0, 0.05) is 11.8 Å². The summed E-state index contributed by atoms with van der Waals surface area (Å²) >= 11 is 0. The Morgan fingerprint density at radius 2 is 2.00 bits per heavy atom. The lowest BCUT2D eigenvalue weighted by Crippen LogP contribution is -2.08. The number of pyridine rings is 1. The largest absolute Gasteiger partial charge is 0.493 e. The highest BCUT2D eigenvalue weighted by Crippen LogP contribution is 2.28. The quantitative estimate of drug-likeness (QED) is 0.546. The molecule has 20 heavy (non-hydrogen) atoms. The molecule has 0 aliphatic carbocycles. The maximum atomic E-state index is 9.08. The summed E-state index contributed by atoms with van der Waals surface area (Å²) in [6.45, 7) is 0.334. The van der Waals surface area contributed by atoms with Crippen LogP contribution in [0, 0.1) is 0 Å². The van der Waals surface area contributed by atoms with Crippen molar-refractivity contribution >= 4 is 5.82 Å². The molecule has 106 valence electrons. The third-order valence-electron chi connectivity index (χ3n) is 2.78. The average Bonchev–Trinajstić information content (AvgIpc) is 2.53. The van der Waals surface area contributed by atoms with Crippen LogP contribution in [0.25, 0.3) is 0 Å². The smallest absolute Gasteiger partial charge is 0.161 e. The van der Waals surface area contributed by atoms with Crippen molar-refractivity contribution in [1.29, 1.82) is 0 Å². The number of anilines is 1. The molecule has 6 heteroatoms. The Morgan fingerprint density at radius 1 is 1.20 bits per heavy atom. The number of aromatic nitrogens is 1. The Morgan fingerprint density at radius 3 is 2.60 bits per heavy atom. The van der Waals surface area contributed by atoms with Gasteiger partial charge in [0.15, 0.2) is 11.5 Å². The molecule has 1 heterocycles. The third-order valence-corrected chi connectivity index (χ3v) is 2.78. The number of benzene rings is 1. The zero-order valence-electron chi connectivity index (χ0n) is 11.2. The number of hydrogen-bond donors (Lipinski definition) is 3. The van der Waals surface area contributed by atoms with Gasteiger partial charge in [0.25, 0.3) is 0 Å². The van der Waals surface area contributed by atoms with Crippen molar-refractivity contribution in [3.05, 3.63) is 47.7 Å². The minimum Gasteiger partial charge on any atom is -0.493 e. The summed E-state index contributed by atoms with van der Waals surface area (Å²) in [6.07, 6.45) is 1.68. The fourth-order valence-electron chi connectivity index (χ4n) is 1.69. The second-order valence-corrected chi connectivity index (χ2v) is 4.13. The molecule has 0 atom stereocenters. The van der Waals surface area contributed by atoms with E-state index in [0.717, 1.165) is 11.1 Å². The van der Waals surface area contributed by atoms with Crippen LogP contribution >= 0.6 is 0 Å². The fourth-order valence-corrected chi connectivity index (χ4v) is 1.69. The van der Waals surface area contributed by atoms with Crippen molar-refractivity contribution in [3.63, 3.8) is 0 Å². The molecule has 0 aliphatic heterocycles. The Bertz CT molecular complexity index is 558. The van der Waals surface area contributed by atoms with Crippen molar-refractivity contribution in [3.8, 4) is 11.5 Å². The normalized spacial score (nSPS) is 10.2. The van der Waals surface area contributed by atoms with Crippen LogP contribution in [0.2, 0.25) is 0 Å². The van der Waals surface area contributed by atoms with E-state index in [1.54, 1.807) is 37.6 Å². The molecule has 0 bridgehead atoms. The molecule has 0 unspecified atom stereocenters. The molecule has 2 rings (SSSR count). The lowest BCUT2D eigenvalue weighted by Gasteiger charge is -2.11. The van der Waals surface area contributed by atoms with Crippen molar-refractivity contribution < 1.29 is 14.6 Å². The molecule has 0 amide bonds. The molecule has 0 spiro atoms.